The summed E-state index contributed by atoms with van der Waals surface area (Å²) in [5.41, 5.74) is 0. The molecule has 2 fully saturated rings. The van der Waals surface area contributed by atoms with Crippen molar-refractivity contribution in [2.75, 3.05) is 26.2 Å². The highest BCUT2D eigenvalue weighted by Gasteiger charge is 2.26. The third-order valence-corrected chi connectivity index (χ3v) is 2.45. The molecule has 0 aliphatic carbocycles. The number of carbonyl (C=O) groups excluding carboxylic acids is 1. The summed E-state index contributed by atoms with van der Waals surface area (Å²) in [7, 11) is 0. The molecule has 1 atom stereocenters. The van der Waals surface area contributed by atoms with Crippen LogP contribution in [0.1, 0.15) is 12.8 Å². The van der Waals surface area contributed by atoms with Gasteiger partial charge in [-0.1, -0.05) is 0 Å². The predicted octanol–water partition coefficient (Wildman–Crippen LogP) is -0.445. The summed E-state index contributed by atoms with van der Waals surface area (Å²) in [6, 6.07) is 0. The summed E-state index contributed by atoms with van der Waals surface area (Å²) in [5, 5.41) is 3.36. The van der Waals surface area contributed by atoms with Crippen LogP contribution in [0.5, 0.6) is 0 Å². The molecule has 0 spiro atoms. The van der Waals surface area contributed by atoms with Crippen molar-refractivity contribution in [2.24, 2.45) is 0 Å². The molecule has 2 aliphatic heterocycles. The van der Waals surface area contributed by atoms with Crippen LogP contribution in [0.4, 0.5) is 0 Å². The molecule has 2 saturated heterocycles. The van der Waals surface area contributed by atoms with Gasteiger partial charge in [-0.15, -0.1) is 0 Å². The van der Waals surface area contributed by atoms with Gasteiger partial charge in [0.1, 0.15) is 6.61 Å². The van der Waals surface area contributed by atoms with E-state index in [1.807, 2.05) is 0 Å². The maximum Gasteiger partial charge on any atom is 0.320 e. The quantitative estimate of drug-likeness (QED) is 0.541. The number of esters is 1. The van der Waals surface area contributed by atoms with Crippen molar-refractivity contribution in [3.8, 4) is 0 Å². The zero-order chi connectivity index (χ0) is 8.39. The van der Waals surface area contributed by atoms with E-state index in [0.29, 0.717) is 19.3 Å². The van der Waals surface area contributed by atoms with E-state index in [-0.39, 0.29) is 5.97 Å². The maximum atomic E-state index is 10.9. The number of ether oxygens (including phenoxy) is 1. The van der Waals surface area contributed by atoms with E-state index in [2.05, 4.69) is 10.2 Å². The van der Waals surface area contributed by atoms with Crippen LogP contribution in [0.2, 0.25) is 0 Å². The number of nitrogens with zero attached hydrogens (tertiary/aromatic N) is 1. The van der Waals surface area contributed by atoms with Gasteiger partial charge in [0.15, 0.2) is 0 Å². The Labute approximate surface area is 71.9 Å². The van der Waals surface area contributed by atoms with Crippen LogP contribution in [0.3, 0.4) is 0 Å². The molecule has 0 aromatic rings. The van der Waals surface area contributed by atoms with Gasteiger partial charge in [0, 0.05) is 6.54 Å². The van der Waals surface area contributed by atoms with Crippen molar-refractivity contribution in [3.05, 3.63) is 0 Å². The number of nitrogens with one attached hydrogen (secondary N) is 1. The lowest BCUT2D eigenvalue weighted by Crippen LogP contribution is -2.49. The van der Waals surface area contributed by atoms with E-state index in [1.165, 1.54) is 6.42 Å². The van der Waals surface area contributed by atoms with Gasteiger partial charge in [0.2, 0.25) is 0 Å². The molecule has 68 valence electrons. The number of cyclic esters (lactones) is 1. The Balaban J connectivity index is 1.89. The Morgan fingerprint density at radius 1 is 1.58 bits per heavy atom. The normalized spacial score (nSPS) is 32.0. The molecule has 2 rings (SSSR count). The van der Waals surface area contributed by atoms with E-state index < -0.39 is 0 Å². The summed E-state index contributed by atoms with van der Waals surface area (Å²) >= 11 is 0. The van der Waals surface area contributed by atoms with Gasteiger partial charge in [-0.25, -0.2) is 0 Å². The molecule has 2 aliphatic rings. The van der Waals surface area contributed by atoms with Crippen LogP contribution in [0.25, 0.3) is 0 Å². The molecular formula is C8H14N2O2. The van der Waals surface area contributed by atoms with Crippen molar-refractivity contribution in [2.45, 2.75) is 19.0 Å². The monoisotopic (exact) mass is 170 g/mol. The second kappa shape index (κ2) is 3.41. The van der Waals surface area contributed by atoms with E-state index >= 15 is 0 Å². The number of hydrogen-bond donors (Lipinski definition) is 1. The van der Waals surface area contributed by atoms with Crippen LogP contribution >= 0.6 is 0 Å². The van der Waals surface area contributed by atoms with Crippen LogP contribution in [0, 0.1) is 0 Å². The zero-order valence-electron chi connectivity index (χ0n) is 7.08. The second-order valence-electron chi connectivity index (χ2n) is 3.30. The first-order valence-electron chi connectivity index (χ1n) is 4.49. The number of carbonyl (C=O) groups is 1. The first kappa shape index (κ1) is 8.01. The van der Waals surface area contributed by atoms with Crippen molar-refractivity contribution >= 4 is 5.97 Å². The Morgan fingerprint density at radius 2 is 2.50 bits per heavy atom. The summed E-state index contributed by atoms with van der Waals surface area (Å²) in [5.74, 6) is -0.0880. The standard InChI is InChI=1S/C8H14N2O2/c11-8-6-10(4-5-12-8)7-2-1-3-9-7/h7,9H,1-6H2. The molecule has 0 aromatic carbocycles. The fraction of sp³-hybridized carbons (Fsp3) is 0.875. The van der Waals surface area contributed by atoms with Gasteiger partial charge >= 0.3 is 5.97 Å². The van der Waals surface area contributed by atoms with Gasteiger partial charge in [0.05, 0.1) is 12.7 Å². The number of hydrogen-bond acceptors (Lipinski definition) is 4. The summed E-state index contributed by atoms with van der Waals surface area (Å²) in [6.45, 7) is 2.97. The molecule has 1 unspecified atom stereocenters. The minimum Gasteiger partial charge on any atom is -0.463 e. The SMILES string of the molecule is O=C1CN(C2CCCN2)CCO1. The smallest absolute Gasteiger partial charge is 0.320 e. The third-order valence-electron chi connectivity index (χ3n) is 2.45. The molecule has 2 heterocycles. The van der Waals surface area contributed by atoms with E-state index in [0.717, 1.165) is 19.5 Å². The highest BCUT2D eigenvalue weighted by atomic mass is 16.5. The highest BCUT2D eigenvalue weighted by Crippen LogP contribution is 2.12. The Hall–Kier alpha value is -0.610. The molecule has 0 aromatic heterocycles. The summed E-state index contributed by atoms with van der Waals surface area (Å²) in [4.78, 5) is 13.1. The van der Waals surface area contributed by atoms with Gasteiger partial charge in [-0.05, 0) is 19.4 Å². The Kier molecular flexibility index (Phi) is 2.28. The highest BCUT2D eigenvalue weighted by molar-refractivity contribution is 5.72. The lowest BCUT2D eigenvalue weighted by Gasteiger charge is -2.30. The van der Waals surface area contributed by atoms with Gasteiger partial charge in [-0.2, -0.15) is 0 Å². The van der Waals surface area contributed by atoms with Crippen LogP contribution < -0.4 is 5.32 Å². The Bertz CT molecular complexity index is 178. The number of rotatable bonds is 1. The molecule has 0 saturated carbocycles. The van der Waals surface area contributed by atoms with Crippen molar-refractivity contribution in [1.29, 1.82) is 0 Å². The molecule has 4 heteroatoms. The second-order valence-corrected chi connectivity index (χ2v) is 3.30. The van der Waals surface area contributed by atoms with Crippen molar-refractivity contribution < 1.29 is 9.53 Å². The minimum atomic E-state index is -0.0880. The van der Waals surface area contributed by atoms with Crippen molar-refractivity contribution in [3.63, 3.8) is 0 Å². The fourth-order valence-corrected chi connectivity index (χ4v) is 1.81. The first-order chi connectivity index (χ1) is 5.86. The fourth-order valence-electron chi connectivity index (χ4n) is 1.81. The van der Waals surface area contributed by atoms with E-state index in [1.54, 1.807) is 0 Å². The zero-order valence-corrected chi connectivity index (χ0v) is 7.08. The number of morpholine rings is 1. The average molecular weight is 170 g/mol. The van der Waals surface area contributed by atoms with Crippen LogP contribution in [-0.2, 0) is 9.53 Å². The lowest BCUT2D eigenvalue weighted by atomic mass is 10.3. The maximum absolute atomic E-state index is 10.9. The lowest BCUT2D eigenvalue weighted by molar-refractivity contribution is -0.152. The molecular weight excluding hydrogens is 156 g/mol. The topological polar surface area (TPSA) is 41.6 Å². The molecule has 0 amide bonds. The van der Waals surface area contributed by atoms with Gasteiger partial charge in [0.25, 0.3) is 0 Å². The molecule has 0 bridgehead atoms. The van der Waals surface area contributed by atoms with Crippen molar-refractivity contribution in [1.82, 2.24) is 10.2 Å². The molecule has 1 N–H and O–H groups in total. The first-order valence-corrected chi connectivity index (χ1v) is 4.49. The summed E-state index contributed by atoms with van der Waals surface area (Å²) in [6.07, 6.45) is 2.79. The average Bonchev–Trinajstić information content (AvgIpc) is 2.56. The predicted molar refractivity (Wildman–Crippen MR) is 43.6 cm³/mol. The molecule has 12 heavy (non-hydrogen) atoms. The van der Waals surface area contributed by atoms with Gasteiger partial charge in [-0.3, -0.25) is 9.69 Å². The third kappa shape index (κ3) is 1.59. The van der Waals surface area contributed by atoms with E-state index in [9.17, 15) is 4.79 Å². The van der Waals surface area contributed by atoms with Gasteiger partial charge < -0.3 is 10.1 Å². The molecule has 4 nitrogen and oxygen atoms in total. The molecule has 0 radical (unpaired) electrons. The Morgan fingerprint density at radius 3 is 3.17 bits per heavy atom. The van der Waals surface area contributed by atoms with Crippen LogP contribution in [-0.4, -0.2) is 43.3 Å². The largest absolute Gasteiger partial charge is 0.463 e. The van der Waals surface area contributed by atoms with E-state index in [4.69, 9.17) is 4.74 Å². The summed E-state index contributed by atoms with van der Waals surface area (Å²) < 4.78 is 4.86. The van der Waals surface area contributed by atoms with Crippen LogP contribution in [0.15, 0.2) is 0 Å². The minimum absolute atomic E-state index is 0.0880.